The standard InChI is InChI=1S/C13H19NO3S/c1-2-3-4-5-13(15)14(11-6-7-11)12-8-9-18(16,17)10-12/h2-5,11-12H,6-10H2,1H3/b3-2+,5-4-/t12-/m0/s1. The molecule has 1 amide bonds. The third-order valence-corrected chi connectivity index (χ3v) is 5.09. The summed E-state index contributed by atoms with van der Waals surface area (Å²) in [4.78, 5) is 13.9. The van der Waals surface area contributed by atoms with Gasteiger partial charge in [0.2, 0.25) is 5.91 Å². The zero-order valence-electron chi connectivity index (χ0n) is 10.6. The van der Waals surface area contributed by atoms with Crippen LogP contribution in [0.25, 0.3) is 0 Å². The predicted molar refractivity (Wildman–Crippen MR) is 70.9 cm³/mol. The van der Waals surface area contributed by atoms with E-state index < -0.39 is 9.84 Å². The van der Waals surface area contributed by atoms with Gasteiger partial charge in [0.1, 0.15) is 0 Å². The highest BCUT2D eigenvalue weighted by Crippen LogP contribution is 2.32. The molecule has 1 aliphatic heterocycles. The second kappa shape index (κ2) is 5.26. The molecule has 1 saturated heterocycles. The molecule has 0 aromatic rings. The number of nitrogens with zero attached hydrogens (tertiary/aromatic N) is 1. The van der Waals surface area contributed by atoms with E-state index in [-0.39, 0.29) is 29.5 Å². The third kappa shape index (κ3) is 3.22. The van der Waals surface area contributed by atoms with Gasteiger partial charge in [-0.15, -0.1) is 0 Å². The Labute approximate surface area is 108 Å². The lowest BCUT2D eigenvalue weighted by molar-refractivity contribution is -0.128. The number of hydrogen-bond donors (Lipinski definition) is 0. The van der Waals surface area contributed by atoms with Crippen LogP contribution in [0.3, 0.4) is 0 Å². The van der Waals surface area contributed by atoms with Gasteiger partial charge in [0.05, 0.1) is 11.5 Å². The van der Waals surface area contributed by atoms with Crippen molar-refractivity contribution in [1.29, 1.82) is 0 Å². The fraction of sp³-hybridized carbons (Fsp3) is 0.615. The van der Waals surface area contributed by atoms with E-state index in [0.717, 1.165) is 12.8 Å². The maximum atomic E-state index is 12.1. The molecule has 5 heteroatoms. The first-order chi connectivity index (χ1) is 8.53. The lowest BCUT2D eigenvalue weighted by Gasteiger charge is -2.27. The molecule has 0 spiro atoms. The van der Waals surface area contributed by atoms with Crippen LogP contribution in [0.5, 0.6) is 0 Å². The average molecular weight is 269 g/mol. The van der Waals surface area contributed by atoms with Crippen molar-refractivity contribution in [2.24, 2.45) is 0 Å². The number of amides is 1. The van der Waals surface area contributed by atoms with Gasteiger partial charge in [-0.3, -0.25) is 4.79 Å². The van der Waals surface area contributed by atoms with Crippen molar-refractivity contribution in [3.05, 3.63) is 24.3 Å². The molecule has 0 unspecified atom stereocenters. The van der Waals surface area contributed by atoms with Gasteiger partial charge < -0.3 is 4.90 Å². The SMILES string of the molecule is C/C=C/C=C\C(=O)N(C1CC1)[C@H]1CCS(=O)(=O)C1. The van der Waals surface area contributed by atoms with Crippen LogP contribution in [-0.2, 0) is 14.6 Å². The molecule has 1 heterocycles. The molecule has 0 bridgehead atoms. The summed E-state index contributed by atoms with van der Waals surface area (Å²) in [6, 6.07) is 0.135. The number of carbonyl (C=O) groups is 1. The Bertz CT molecular complexity index is 474. The molecule has 2 rings (SSSR count). The number of sulfone groups is 1. The van der Waals surface area contributed by atoms with E-state index in [0.29, 0.717) is 6.42 Å². The second-order valence-electron chi connectivity index (χ2n) is 4.92. The Morgan fingerprint density at radius 3 is 2.39 bits per heavy atom. The number of carbonyl (C=O) groups excluding carboxylic acids is 1. The Kier molecular flexibility index (Phi) is 3.90. The summed E-state index contributed by atoms with van der Waals surface area (Å²) < 4.78 is 23.0. The van der Waals surface area contributed by atoms with E-state index in [2.05, 4.69) is 0 Å². The van der Waals surface area contributed by atoms with Crippen LogP contribution in [0, 0.1) is 0 Å². The Balaban J connectivity index is 2.07. The molecule has 4 nitrogen and oxygen atoms in total. The predicted octanol–water partition coefficient (Wildman–Crippen LogP) is 1.30. The van der Waals surface area contributed by atoms with E-state index in [9.17, 15) is 13.2 Å². The highest BCUT2D eigenvalue weighted by atomic mass is 32.2. The van der Waals surface area contributed by atoms with Crippen molar-refractivity contribution in [1.82, 2.24) is 4.90 Å². The number of allylic oxidation sites excluding steroid dienone is 3. The zero-order valence-corrected chi connectivity index (χ0v) is 11.4. The summed E-state index contributed by atoms with van der Waals surface area (Å²) in [6.45, 7) is 1.89. The van der Waals surface area contributed by atoms with E-state index in [1.165, 1.54) is 6.08 Å². The molecule has 1 aliphatic carbocycles. The van der Waals surface area contributed by atoms with Crippen molar-refractivity contribution in [2.75, 3.05) is 11.5 Å². The molecule has 1 atom stereocenters. The van der Waals surface area contributed by atoms with Crippen LogP contribution >= 0.6 is 0 Å². The molecule has 1 saturated carbocycles. The monoisotopic (exact) mass is 269 g/mol. The van der Waals surface area contributed by atoms with Gasteiger partial charge in [0.25, 0.3) is 0 Å². The fourth-order valence-corrected chi connectivity index (χ4v) is 4.05. The van der Waals surface area contributed by atoms with Gasteiger partial charge in [-0.05, 0) is 26.2 Å². The summed E-state index contributed by atoms with van der Waals surface area (Å²) in [6.07, 6.45) is 9.48. The first-order valence-corrected chi connectivity index (χ1v) is 8.18. The average Bonchev–Trinajstić information content (AvgIpc) is 3.05. The summed E-state index contributed by atoms with van der Waals surface area (Å²) in [5.74, 6) is 0.289. The summed E-state index contributed by atoms with van der Waals surface area (Å²) in [5.41, 5.74) is 0. The molecular formula is C13H19NO3S. The van der Waals surface area contributed by atoms with Crippen LogP contribution in [0.15, 0.2) is 24.3 Å². The van der Waals surface area contributed by atoms with Crippen molar-refractivity contribution in [3.63, 3.8) is 0 Å². The van der Waals surface area contributed by atoms with Gasteiger partial charge >= 0.3 is 0 Å². The third-order valence-electron chi connectivity index (χ3n) is 3.34. The van der Waals surface area contributed by atoms with Gasteiger partial charge in [-0.1, -0.05) is 18.2 Å². The first kappa shape index (κ1) is 13.3. The Morgan fingerprint density at radius 2 is 1.89 bits per heavy atom. The molecule has 2 fully saturated rings. The summed E-state index contributed by atoms with van der Waals surface area (Å²) in [5, 5.41) is 0. The van der Waals surface area contributed by atoms with E-state index in [1.807, 2.05) is 13.0 Å². The van der Waals surface area contributed by atoms with Gasteiger partial charge in [0, 0.05) is 18.2 Å². The topological polar surface area (TPSA) is 54.5 Å². The summed E-state index contributed by atoms with van der Waals surface area (Å²) in [7, 11) is -2.94. The smallest absolute Gasteiger partial charge is 0.247 e. The highest BCUT2D eigenvalue weighted by molar-refractivity contribution is 7.91. The molecule has 0 N–H and O–H groups in total. The van der Waals surface area contributed by atoms with Crippen LogP contribution in [0.1, 0.15) is 26.2 Å². The Hall–Kier alpha value is -1.10. The van der Waals surface area contributed by atoms with Gasteiger partial charge in [-0.2, -0.15) is 0 Å². The van der Waals surface area contributed by atoms with E-state index >= 15 is 0 Å². The lowest BCUT2D eigenvalue weighted by Crippen LogP contribution is -2.41. The molecule has 2 aliphatic rings. The van der Waals surface area contributed by atoms with Crippen LogP contribution in [0.4, 0.5) is 0 Å². The zero-order chi connectivity index (χ0) is 13.2. The lowest BCUT2D eigenvalue weighted by atomic mass is 10.2. The fourth-order valence-electron chi connectivity index (χ4n) is 2.34. The number of hydrogen-bond acceptors (Lipinski definition) is 3. The highest BCUT2D eigenvalue weighted by Gasteiger charge is 2.41. The van der Waals surface area contributed by atoms with Gasteiger partial charge in [-0.25, -0.2) is 8.42 Å². The molecule has 18 heavy (non-hydrogen) atoms. The molecule has 0 aromatic carbocycles. The first-order valence-electron chi connectivity index (χ1n) is 6.35. The Morgan fingerprint density at radius 1 is 1.17 bits per heavy atom. The molecular weight excluding hydrogens is 250 g/mol. The molecule has 100 valence electrons. The normalized spacial score (nSPS) is 27.1. The number of rotatable bonds is 4. The quantitative estimate of drug-likeness (QED) is 0.571. The van der Waals surface area contributed by atoms with Crippen molar-refractivity contribution in [3.8, 4) is 0 Å². The van der Waals surface area contributed by atoms with Crippen LogP contribution in [0.2, 0.25) is 0 Å². The minimum atomic E-state index is -2.94. The minimum Gasteiger partial charge on any atom is -0.332 e. The largest absolute Gasteiger partial charge is 0.332 e. The maximum Gasteiger partial charge on any atom is 0.247 e. The van der Waals surface area contributed by atoms with E-state index in [4.69, 9.17) is 0 Å². The second-order valence-corrected chi connectivity index (χ2v) is 7.15. The maximum absolute atomic E-state index is 12.1. The molecule has 0 radical (unpaired) electrons. The minimum absolute atomic E-state index is 0.0577. The van der Waals surface area contributed by atoms with Crippen molar-refractivity contribution >= 4 is 15.7 Å². The molecule has 0 aromatic heterocycles. The summed E-state index contributed by atoms with van der Waals surface area (Å²) >= 11 is 0. The van der Waals surface area contributed by atoms with Crippen molar-refractivity contribution in [2.45, 2.75) is 38.3 Å². The van der Waals surface area contributed by atoms with Crippen molar-refractivity contribution < 1.29 is 13.2 Å². The van der Waals surface area contributed by atoms with Gasteiger partial charge in [0.15, 0.2) is 9.84 Å². The van der Waals surface area contributed by atoms with E-state index in [1.54, 1.807) is 17.1 Å². The van der Waals surface area contributed by atoms with Crippen LogP contribution in [-0.4, -0.2) is 42.8 Å². The van der Waals surface area contributed by atoms with Crippen LogP contribution < -0.4 is 0 Å².